The summed E-state index contributed by atoms with van der Waals surface area (Å²) in [6.45, 7) is 15.7. The van der Waals surface area contributed by atoms with Crippen molar-refractivity contribution in [3.63, 3.8) is 0 Å². The third-order valence-electron chi connectivity index (χ3n) is 9.72. The van der Waals surface area contributed by atoms with Gasteiger partial charge in [-0.1, -0.05) is 25.7 Å². The number of esters is 7. The zero-order chi connectivity index (χ0) is 49.9. The molecule has 67 heavy (non-hydrogen) atoms. The van der Waals surface area contributed by atoms with Crippen LogP contribution < -0.4 is 11.1 Å². The topological polar surface area (TPSA) is 301 Å². The molecule has 3 aliphatic carbocycles. The number of hydrogen-bond donors (Lipinski definition) is 2. The van der Waals surface area contributed by atoms with E-state index in [0.717, 1.165) is 0 Å². The number of amides is 1. The van der Waals surface area contributed by atoms with Crippen molar-refractivity contribution >= 4 is 81.9 Å². The van der Waals surface area contributed by atoms with E-state index in [-0.39, 0.29) is 130 Å². The Morgan fingerprint density at radius 3 is 1.21 bits per heavy atom. The number of nitrogens with two attached hydrogens (primary N) is 1. The Hall–Kier alpha value is -5.74. The molecule has 24 heteroatoms. The molecule has 0 radical (unpaired) electrons. The molecule has 0 bridgehead atoms. The van der Waals surface area contributed by atoms with Gasteiger partial charge in [0.05, 0.1) is 33.0 Å². The summed E-state index contributed by atoms with van der Waals surface area (Å²) in [4.78, 5) is 116. The van der Waals surface area contributed by atoms with Crippen molar-refractivity contribution in [3.8, 4) is 0 Å². The van der Waals surface area contributed by atoms with E-state index in [2.05, 4.69) is 34.5 Å². The Kier molecular flexibility index (Phi) is 28.6. The first kappa shape index (κ1) is 61.3. The largest absolute Gasteiger partial charge is 0.465 e. The second-order valence-electron chi connectivity index (χ2n) is 14.0. The summed E-state index contributed by atoms with van der Waals surface area (Å²) in [7, 11) is 0. The van der Waals surface area contributed by atoms with Gasteiger partial charge in [0.2, 0.25) is 0 Å². The second kappa shape index (κ2) is 31.3. The Bertz CT molecular complexity index is 1670. The SMILES string of the molecule is C.C=CC1CC1(C(=O)OCC)C(=O)OCCCC(=O)OCCOC(=O)NCCOC(=O)C1(C(=O)OCC)CC1C=C.C=CC1CC1(C(=O)OCC)C(=O)OCCN.O=C(Cl)OCCOC(=O)Cl. The highest BCUT2D eigenvalue weighted by molar-refractivity contribution is 6.61. The molecule has 6 unspecified atom stereocenters. The molecule has 6 atom stereocenters. The van der Waals surface area contributed by atoms with Gasteiger partial charge in [-0.3, -0.25) is 33.6 Å². The van der Waals surface area contributed by atoms with E-state index < -0.39 is 75.0 Å². The molecule has 3 N–H and O–H groups in total. The normalized spacial score (nSPS) is 22.0. The van der Waals surface area contributed by atoms with E-state index in [1.165, 1.54) is 12.2 Å². The van der Waals surface area contributed by atoms with Crippen molar-refractivity contribution < 1.29 is 95.3 Å². The van der Waals surface area contributed by atoms with Crippen LogP contribution in [-0.2, 0) is 80.9 Å². The van der Waals surface area contributed by atoms with Crippen LogP contribution in [0.25, 0.3) is 0 Å². The smallest absolute Gasteiger partial charge is 0.407 e. The van der Waals surface area contributed by atoms with E-state index in [0.29, 0.717) is 6.42 Å². The summed E-state index contributed by atoms with van der Waals surface area (Å²) in [5, 5.41) is 2.37. The van der Waals surface area contributed by atoms with Crippen LogP contribution in [-0.4, -0.2) is 138 Å². The predicted molar refractivity (Wildman–Crippen MR) is 235 cm³/mol. The molecule has 22 nitrogen and oxygen atoms in total. The molecule has 3 fully saturated rings. The summed E-state index contributed by atoms with van der Waals surface area (Å²) >= 11 is 9.52. The predicted octanol–water partition coefficient (Wildman–Crippen LogP) is 4.25. The lowest BCUT2D eigenvalue weighted by Crippen LogP contribution is -2.34. The average molecular weight is 998 g/mol. The van der Waals surface area contributed by atoms with Crippen molar-refractivity contribution in [2.24, 2.45) is 39.7 Å². The number of rotatable bonds is 27. The number of nitrogens with one attached hydrogen (secondary N) is 1. The number of hydrogen-bond acceptors (Lipinski definition) is 21. The number of carbonyl (C=O) groups is 10. The van der Waals surface area contributed by atoms with Crippen LogP contribution in [0.2, 0.25) is 0 Å². The second-order valence-corrected chi connectivity index (χ2v) is 14.6. The molecule has 3 aliphatic rings. The molecule has 0 aromatic heterocycles. The standard InChI is InChI=1S/C27H37NO12.C11H17NO4.C4H4Cl2O4.CH4/c1-5-18-16-26(18,21(30)35-7-3)23(32)38-12-9-10-20(29)37-14-15-40-25(34)28-11-13-39-24(33)27(17-19(27)6-2)22(31)36-8-4;1-3-8-7-11(8,9(13)15-4-2)10(14)16-6-5-12;5-3(7)9-1-2-10-4(6)8;/h5-6,18-19H,1-2,7-17H2,3-4H3,(H,28,34);3,8H,1,4-7,12H2,2H3;1-2H2;1H4. The van der Waals surface area contributed by atoms with Gasteiger partial charge in [-0.05, 0) is 46.5 Å². The first-order chi connectivity index (χ1) is 31.4. The molecular weight excluding hydrogens is 935 g/mol. The van der Waals surface area contributed by atoms with Gasteiger partial charge in [-0.15, -0.1) is 19.7 Å². The highest BCUT2D eigenvalue weighted by atomic mass is 35.5. The fraction of sp³-hybridized carbons (Fsp3) is 0.628. The van der Waals surface area contributed by atoms with Gasteiger partial charge >= 0.3 is 58.7 Å². The molecule has 0 aliphatic heterocycles. The summed E-state index contributed by atoms with van der Waals surface area (Å²) in [5.74, 6) is -5.29. The molecule has 0 heterocycles. The van der Waals surface area contributed by atoms with E-state index in [9.17, 15) is 47.9 Å². The van der Waals surface area contributed by atoms with Gasteiger partial charge < -0.3 is 58.4 Å². The van der Waals surface area contributed by atoms with Crippen molar-refractivity contribution in [2.45, 2.75) is 60.3 Å². The van der Waals surface area contributed by atoms with Crippen LogP contribution in [0.5, 0.6) is 0 Å². The Morgan fingerprint density at radius 1 is 0.522 bits per heavy atom. The summed E-state index contributed by atoms with van der Waals surface area (Å²) in [6.07, 6.45) is 4.87. The zero-order valence-corrected chi connectivity index (χ0v) is 38.6. The first-order valence-corrected chi connectivity index (χ1v) is 21.5. The molecule has 3 rings (SSSR count). The molecule has 0 saturated heterocycles. The van der Waals surface area contributed by atoms with E-state index >= 15 is 0 Å². The van der Waals surface area contributed by atoms with Crippen LogP contribution >= 0.6 is 23.2 Å². The third-order valence-corrected chi connectivity index (χ3v) is 9.94. The lowest BCUT2D eigenvalue weighted by Gasteiger charge is -2.14. The fourth-order valence-corrected chi connectivity index (χ4v) is 6.18. The maximum atomic E-state index is 12.4. The van der Waals surface area contributed by atoms with Gasteiger partial charge in [0, 0.05) is 53.9 Å². The Labute approximate surface area is 398 Å². The lowest BCUT2D eigenvalue weighted by atomic mass is 10.0. The van der Waals surface area contributed by atoms with E-state index in [4.69, 9.17) is 66.8 Å². The minimum Gasteiger partial charge on any atom is -0.465 e. The number of alkyl carbamates (subject to hydrolysis) is 1. The van der Waals surface area contributed by atoms with Crippen molar-refractivity contribution in [1.82, 2.24) is 5.32 Å². The van der Waals surface area contributed by atoms with E-state index in [1.807, 2.05) is 0 Å². The van der Waals surface area contributed by atoms with Gasteiger partial charge in [-0.2, -0.15) is 0 Å². The molecule has 378 valence electrons. The van der Waals surface area contributed by atoms with Crippen molar-refractivity contribution in [1.29, 1.82) is 0 Å². The van der Waals surface area contributed by atoms with Gasteiger partial charge in [-0.25, -0.2) is 14.4 Å². The Balaban J connectivity index is 0.00000131. The highest BCUT2D eigenvalue weighted by Crippen LogP contribution is 2.56. The Morgan fingerprint density at radius 2 is 0.866 bits per heavy atom. The van der Waals surface area contributed by atoms with Gasteiger partial charge in [0.1, 0.15) is 39.6 Å². The highest BCUT2D eigenvalue weighted by Gasteiger charge is 2.68. The molecule has 3 saturated carbocycles. The van der Waals surface area contributed by atoms with Crippen LogP contribution in [0.1, 0.15) is 60.3 Å². The summed E-state index contributed by atoms with van der Waals surface area (Å²) in [5.41, 5.74) is -0.537. The zero-order valence-electron chi connectivity index (χ0n) is 37.1. The van der Waals surface area contributed by atoms with Crippen molar-refractivity contribution in [3.05, 3.63) is 38.0 Å². The van der Waals surface area contributed by atoms with Crippen LogP contribution in [0.3, 0.4) is 0 Å². The average Bonchev–Trinajstić information content (AvgIpc) is 4.21. The maximum absolute atomic E-state index is 12.4. The minimum atomic E-state index is -1.37. The van der Waals surface area contributed by atoms with E-state index in [1.54, 1.807) is 26.8 Å². The number of ether oxygens (including phenoxy) is 10. The number of allylic oxidation sites excluding steroid dienone is 3. The monoisotopic (exact) mass is 996 g/mol. The minimum absolute atomic E-state index is 0. The summed E-state index contributed by atoms with van der Waals surface area (Å²) < 4.78 is 48.2. The fourth-order valence-electron chi connectivity index (χ4n) is 6.03. The molecule has 0 aromatic carbocycles. The van der Waals surface area contributed by atoms with Gasteiger partial charge in [0.15, 0.2) is 16.2 Å². The quantitative estimate of drug-likeness (QED) is 0.0290. The first-order valence-electron chi connectivity index (χ1n) is 20.7. The summed E-state index contributed by atoms with van der Waals surface area (Å²) in [6, 6.07) is 0. The van der Waals surface area contributed by atoms with Crippen molar-refractivity contribution in [2.75, 3.05) is 79.2 Å². The van der Waals surface area contributed by atoms with Crippen LogP contribution in [0.15, 0.2) is 38.0 Å². The molecular formula is C43H62Cl2N2O20. The number of halogens is 2. The van der Waals surface area contributed by atoms with Gasteiger partial charge in [0.25, 0.3) is 0 Å². The molecule has 0 aromatic rings. The van der Waals surface area contributed by atoms with Crippen LogP contribution in [0, 0.1) is 34.0 Å². The lowest BCUT2D eigenvalue weighted by molar-refractivity contribution is -0.166. The third kappa shape index (κ3) is 18.8. The van der Waals surface area contributed by atoms with Crippen LogP contribution in [0.4, 0.5) is 14.4 Å². The molecule has 0 spiro atoms. The maximum Gasteiger partial charge on any atom is 0.407 e. The molecule has 1 amide bonds. The number of carbonyl (C=O) groups excluding carboxylic acids is 10.